The van der Waals surface area contributed by atoms with Crippen LogP contribution in [0.5, 0.6) is 5.75 Å². The molecule has 0 saturated heterocycles. The van der Waals surface area contributed by atoms with Crippen molar-refractivity contribution in [2.45, 2.75) is 12.5 Å². The summed E-state index contributed by atoms with van der Waals surface area (Å²) < 4.78 is 18.8. The molecule has 0 aromatic heterocycles. The lowest BCUT2D eigenvalue weighted by atomic mass is 10.0. The molecule has 90 valence electrons. The molecule has 2 N–H and O–H groups in total. The van der Waals surface area contributed by atoms with Gasteiger partial charge in [-0.2, -0.15) is 0 Å². The molecule has 0 radical (unpaired) electrons. The lowest BCUT2D eigenvalue weighted by Gasteiger charge is -2.34. The fourth-order valence-electron chi connectivity index (χ4n) is 1.17. The van der Waals surface area contributed by atoms with Crippen LogP contribution in [0.2, 0.25) is 0 Å². The van der Waals surface area contributed by atoms with Crippen LogP contribution < -0.4 is 10.5 Å². The molecule has 16 heavy (non-hydrogen) atoms. The quantitative estimate of drug-likeness (QED) is 0.826. The number of ether oxygens (including phenoxy) is 1. The zero-order valence-electron chi connectivity index (χ0n) is 10.0. The Bertz CT molecular complexity index is 344. The SMILES string of the molecule is CN(C)C(C)(CN)COc1ccccc1F. The first kappa shape index (κ1) is 12.9. The van der Waals surface area contributed by atoms with E-state index in [2.05, 4.69) is 0 Å². The molecule has 3 nitrogen and oxygen atoms in total. The summed E-state index contributed by atoms with van der Waals surface area (Å²) >= 11 is 0. The molecule has 4 heteroatoms. The van der Waals surface area contributed by atoms with Crippen LogP contribution >= 0.6 is 0 Å². The summed E-state index contributed by atoms with van der Waals surface area (Å²) in [5.41, 5.74) is 5.41. The highest BCUT2D eigenvalue weighted by Gasteiger charge is 2.26. The molecule has 1 aromatic carbocycles. The first-order valence-electron chi connectivity index (χ1n) is 5.24. The molecule has 1 unspecified atom stereocenters. The van der Waals surface area contributed by atoms with Crippen molar-refractivity contribution in [1.29, 1.82) is 0 Å². The maximum absolute atomic E-state index is 13.3. The Morgan fingerprint density at radius 1 is 1.38 bits per heavy atom. The van der Waals surface area contributed by atoms with Gasteiger partial charge in [0.1, 0.15) is 6.61 Å². The molecule has 0 saturated carbocycles. The number of hydrogen-bond acceptors (Lipinski definition) is 3. The summed E-state index contributed by atoms with van der Waals surface area (Å²) in [6, 6.07) is 6.37. The number of hydrogen-bond donors (Lipinski definition) is 1. The number of likely N-dealkylation sites (N-methyl/N-ethyl adjacent to an activating group) is 1. The average Bonchev–Trinajstić information content (AvgIpc) is 2.27. The molecule has 0 amide bonds. The lowest BCUT2D eigenvalue weighted by molar-refractivity contribution is 0.102. The van der Waals surface area contributed by atoms with Gasteiger partial charge in [-0.1, -0.05) is 12.1 Å². The molecule has 1 aromatic rings. The topological polar surface area (TPSA) is 38.5 Å². The van der Waals surface area contributed by atoms with Gasteiger partial charge in [0, 0.05) is 6.54 Å². The van der Waals surface area contributed by atoms with Crippen LogP contribution in [0.3, 0.4) is 0 Å². The van der Waals surface area contributed by atoms with Gasteiger partial charge in [-0.25, -0.2) is 4.39 Å². The number of nitrogens with zero attached hydrogens (tertiary/aromatic N) is 1. The molecule has 0 heterocycles. The minimum absolute atomic E-state index is 0.268. The number of rotatable bonds is 5. The highest BCUT2D eigenvalue weighted by atomic mass is 19.1. The van der Waals surface area contributed by atoms with Gasteiger partial charge in [0.2, 0.25) is 0 Å². The summed E-state index contributed by atoms with van der Waals surface area (Å²) in [7, 11) is 3.86. The van der Waals surface area contributed by atoms with E-state index in [9.17, 15) is 4.39 Å². The van der Waals surface area contributed by atoms with Crippen LogP contribution in [0.1, 0.15) is 6.92 Å². The molecule has 0 spiro atoms. The first-order chi connectivity index (χ1) is 7.49. The van der Waals surface area contributed by atoms with Crippen LogP contribution in [0, 0.1) is 5.82 Å². The molecule has 0 aliphatic heterocycles. The highest BCUT2D eigenvalue weighted by molar-refractivity contribution is 5.23. The Kier molecular flexibility index (Phi) is 4.26. The third-order valence-electron chi connectivity index (χ3n) is 2.89. The molecule has 0 aliphatic rings. The minimum Gasteiger partial charge on any atom is -0.489 e. The summed E-state index contributed by atoms with van der Waals surface area (Å²) in [6.07, 6.45) is 0. The standard InChI is InChI=1S/C12H19FN2O/c1-12(8-14,15(2)3)9-16-11-7-5-4-6-10(11)13/h4-7H,8-9,14H2,1-3H3. The molecule has 0 bridgehead atoms. The monoisotopic (exact) mass is 226 g/mol. The van der Waals surface area contributed by atoms with E-state index in [1.54, 1.807) is 18.2 Å². The highest BCUT2D eigenvalue weighted by Crippen LogP contribution is 2.18. The number of para-hydroxylation sites is 1. The summed E-state index contributed by atoms with van der Waals surface area (Å²) in [5.74, 6) is -0.0790. The molecule has 1 rings (SSSR count). The second-order valence-corrected chi connectivity index (χ2v) is 4.31. The molecule has 1 atom stereocenters. The van der Waals surface area contributed by atoms with Crippen molar-refractivity contribution in [2.24, 2.45) is 5.73 Å². The normalized spacial score (nSPS) is 14.9. The number of halogens is 1. The van der Waals surface area contributed by atoms with E-state index in [1.807, 2.05) is 25.9 Å². The van der Waals surface area contributed by atoms with Crippen molar-refractivity contribution < 1.29 is 9.13 Å². The van der Waals surface area contributed by atoms with Gasteiger partial charge in [0.15, 0.2) is 11.6 Å². The molecule has 0 aliphatic carbocycles. The van der Waals surface area contributed by atoms with Crippen molar-refractivity contribution in [3.63, 3.8) is 0 Å². The van der Waals surface area contributed by atoms with Gasteiger partial charge in [0.25, 0.3) is 0 Å². The van der Waals surface area contributed by atoms with E-state index in [0.717, 1.165) is 0 Å². The molecular weight excluding hydrogens is 207 g/mol. The van der Waals surface area contributed by atoms with Crippen molar-refractivity contribution in [3.8, 4) is 5.75 Å². The van der Waals surface area contributed by atoms with Crippen LogP contribution in [0.25, 0.3) is 0 Å². The lowest BCUT2D eigenvalue weighted by Crippen LogP contribution is -2.52. The maximum atomic E-state index is 13.3. The summed E-state index contributed by atoms with van der Waals surface area (Å²) in [5, 5.41) is 0. The zero-order valence-corrected chi connectivity index (χ0v) is 10.0. The van der Waals surface area contributed by atoms with Crippen molar-refractivity contribution >= 4 is 0 Å². The zero-order chi connectivity index (χ0) is 12.2. The third kappa shape index (κ3) is 2.93. The Labute approximate surface area is 96.0 Å². The molecular formula is C12H19FN2O. The summed E-state index contributed by atoms with van der Waals surface area (Å²) in [4.78, 5) is 1.98. The predicted octanol–water partition coefficient (Wildman–Crippen LogP) is 1.48. The fraction of sp³-hybridized carbons (Fsp3) is 0.500. The van der Waals surface area contributed by atoms with Crippen LogP contribution in [0.4, 0.5) is 4.39 Å². The van der Waals surface area contributed by atoms with Gasteiger partial charge >= 0.3 is 0 Å². The number of nitrogens with two attached hydrogens (primary N) is 1. The van der Waals surface area contributed by atoms with Crippen molar-refractivity contribution in [2.75, 3.05) is 27.2 Å². The Morgan fingerprint density at radius 3 is 2.50 bits per heavy atom. The van der Waals surface area contributed by atoms with Gasteiger partial charge < -0.3 is 10.5 Å². The van der Waals surface area contributed by atoms with Gasteiger partial charge in [0.05, 0.1) is 5.54 Å². The van der Waals surface area contributed by atoms with Gasteiger partial charge in [-0.15, -0.1) is 0 Å². The second-order valence-electron chi connectivity index (χ2n) is 4.31. The van der Waals surface area contributed by atoms with Crippen LogP contribution in [-0.2, 0) is 0 Å². The Balaban J connectivity index is 2.67. The Morgan fingerprint density at radius 2 is 2.00 bits per heavy atom. The van der Waals surface area contributed by atoms with E-state index in [1.165, 1.54) is 6.07 Å². The fourth-order valence-corrected chi connectivity index (χ4v) is 1.17. The van der Waals surface area contributed by atoms with E-state index in [-0.39, 0.29) is 17.1 Å². The van der Waals surface area contributed by atoms with Gasteiger partial charge in [-0.05, 0) is 33.2 Å². The summed E-state index contributed by atoms with van der Waals surface area (Å²) in [6.45, 7) is 2.79. The van der Waals surface area contributed by atoms with Crippen molar-refractivity contribution in [3.05, 3.63) is 30.1 Å². The van der Waals surface area contributed by atoms with Gasteiger partial charge in [-0.3, -0.25) is 4.90 Å². The molecule has 0 fully saturated rings. The second kappa shape index (κ2) is 5.27. The minimum atomic E-state index is -0.347. The third-order valence-corrected chi connectivity index (χ3v) is 2.89. The average molecular weight is 226 g/mol. The maximum Gasteiger partial charge on any atom is 0.165 e. The largest absolute Gasteiger partial charge is 0.489 e. The predicted molar refractivity (Wildman–Crippen MR) is 63.0 cm³/mol. The first-order valence-corrected chi connectivity index (χ1v) is 5.24. The van der Waals surface area contributed by atoms with E-state index in [0.29, 0.717) is 13.2 Å². The van der Waals surface area contributed by atoms with Crippen LogP contribution in [-0.4, -0.2) is 37.7 Å². The smallest absolute Gasteiger partial charge is 0.165 e. The number of benzene rings is 1. The Hall–Kier alpha value is -1.13. The van der Waals surface area contributed by atoms with E-state index < -0.39 is 0 Å². The van der Waals surface area contributed by atoms with E-state index >= 15 is 0 Å². The van der Waals surface area contributed by atoms with Crippen molar-refractivity contribution in [1.82, 2.24) is 4.90 Å². The van der Waals surface area contributed by atoms with E-state index in [4.69, 9.17) is 10.5 Å². The van der Waals surface area contributed by atoms with Crippen LogP contribution in [0.15, 0.2) is 24.3 Å².